The molecule has 6 heteroatoms. The van der Waals surface area contributed by atoms with E-state index in [1.807, 2.05) is 6.92 Å². The molecule has 3 N–H and O–H groups in total. The molecular weight excluding hydrogens is 234 g/mol. The lowest BCUT2D eigenvalue weighted by atomic mass is 10.2. The van der Waals surface area contributed by atoms with E-state index in [1.54, 1.807) is 24.3 Å². The van der Waals surface area contributed by atoms with Gasteiger partial charge < -0.3 is 10.5 Å². The quantitative estimate of drug-likeness (QED) is 0.357. The fourth-order valence-electron chi connectivity index (χ4n) is 1.18. The minimum atomic E-state index is -0.726. The number of benzene rings is 1. The predicted octanol–water partition coefficient (Wildman–Crippen LogP) is 1.39. The number of carbonyl (C=O) groups is 2. The van der Waals surface area contributed by atoms with Gasteiger partial charge in [-0.05, 0) is 36.2 Å². The summed E-state index contributed by atoms with van der Waals surface area (Å²) in [6.45, 7) is 1.91. The zero-order valence-corrected chi connectivity index (χ0v) is 10.1. The maximum atomic E-state index is 11.2. The van der Waals surface area contributed by atoms with Crippen LogP contribution in [0.2, 0.25) is 0 Å². The molecule has 0 radical (unpaired) electrons. The summed E-state index contributed by atoms with van der Waals surface area (Å²) in [6, 6.07) is 6.00. The van der Waals surface area contributed by atoms with E-state index in [0.717, 1.165) is 12.0 Å². The normalized spacial score (nSPS) is 10.3. The van der Waals surface area contributed by atoms with Crippen LogP contribution in [0.4, 0.5) is 4.79 Å². The van der Waals surface area contributed by atoms with Gasteiger partial charge in [-0.15, -0.1) is 0 Å². The lowest BCUT2D eigenvalue weighted by Crippen LogP contribution is -2.24. The second-order valence-corrected chi connectivity index (χ2v) is 3.53. The molecule has 0 bridgehead atoms. The molecule has 18 heavy (non-hydrogen) atoms. The first-order chi connectivity index (χ1) is 8.61. The van der Waals surface area contributed by atoms with Crippen molar-refractivity contribution in [2.24, 2.45) is 10.8 Å². The largest absolute Gasteiger partial charge is 0.427 e. The summed E-state index contributed by atoms with van der Waals surface area (Å²) in [5.74, 6) is 0.225. The van der Waals surface area contributed by atoms with Gasteiger partial charge in [-0.2, -0.15) is 5.10 Å². The minimum absolute atomic E-state index is 0.255. The topological polar surface area (TPSA) is 93.8 Å². The first-order valence-electron chi connectivity index (χ1n) is 5.51. The van der Waals surface area contributed by atoms with Gasteiger partial charge in [0.15, 0.2) is 0 Å². The molecule has 96 valence electrons. The van der Waals surface area contributed by atoms with Gasteiger partial charge in [-0.3, -0.25) is 4.79 Å². The Morgan fingerprint density at radius 1 is 1.39 bits per heavy atom. The molecule has 6 nitrogen and oxygen atoms in total. The number of hydrogen-bond donors (Lipinski definition) is 2. The lowest BCUT2D eigenvalue weighted by Gasteiger charge is -2.03. The zero-order valence-electron chi connectivity index (χ0n) is 10.1. The minimum Gasteiger partial charge on any atom is -0.427 e. The van der Waals surface area contributed by atoms with Gasteiger partial charge >= 0.3 is 12.0 Å². The molecular formula is C12H15N3O3. The Balaban J connectivity index is 2.54. The molecule has 0 saturated heterocycles. The van der Waals surface area contributed by atoms with E-state index in [-0.39, 0.29) is 5.97 Å². The highest BCUT2D eigenvalue weighted by atomic mass is 16.5. The molecule has 1 rings (SSSR count). The zero-order chi connectivity index (χ0) is 13.4. The number of nitrogens with zero attached hydrogens (tertiary/aromatic N) is 1. The van der Waals surface area contributed by atoms with E-state index in [4.69, 9.17) is 10.5 Å². The molecule has 0 spiro atoms. The number of hydrazone groups is 1. The summed E-state index contributed by atoms with van der Waals surface area (Å²) in [7, 11) is 0. The molecule has 1 aromatic rings. The van der Waals surface area contributed by atoms with E-state index in [2.05, 4.69) is 10.5 Å². The van der Waals surface area contributed by atoms with Gasteiger partial charge in [0.1, 0.15) is 5.75 Å². The Bertz CT molecular complexity index is 440. The number of esters is 1. The van der Waals surface area contributed by atoms with Crippen molar-refractivity contribution in [3.05, 3.63) is 29.8 Å². The summed E-state index contributed by atoms with van der Waals surface area (Å²) >= 11 is 0. The van der Waals surface area contributed by atoms with Crippen LogP contribution in [-0.2, 0) is 4.79 Å². The van der Waals surface area contributed by atoms with Crippen molar-refractivity contribution in [2.75, 3.05) is 0 Å². The van der Waals surface area contributed by atoms with Crippen molar-refractivity contribution >= 4 is 18.2 Å². The van der Waals surface area contributed by atoms with Gasteiger partial charge in [-0.1, -0.05) is 6.92 Å². The summed E-state index contributed by atoms with van der Waals surface area (Å²) in [5.41, 5.74) is 7.67. The first-order valence-corrected chi connectivity index (χ1v) is 5.51. The third kappa shape index (κ3) is 5.11. The van der Waals surface area contributed by atoms with Crippen LogP contribution in [0.15, 0.2) is 29.4 Å². The van der Waals surface area contributed by atoms with E-state index >= 15 is 0 Å². The summed E-state index contributed by atoms with van der Waals surface area (Å²) in [6.07, 6.45) is 2.58. The molecule has 2 amide bonds. The van der Waals surface area contributed by atoms with Crippen LogP contribution in [0.5, 0.6) is 5.75 Å². The van der Waals surface area contributed by atoms with Crippen molar-refractivity contribution < 1.29 is 14.3 Å². The number of ether oxygens (including phenoxy) is 1. The highest BCUT2D eigenvalue weighted by molar-refractivity contribution is 5.81. The Morgan fingerprint density at radius 3 is 2.61 bits per heavy atom. The average Bonchev–Trinajstić information content (AvgIpc) is 2.31. The van der Waals surface area contributed by atoms with Crippen LogP contribution in [-0.4, -0.2) is 18.2 Å². The van der Waals surface area contributed by atoms with E-state index < -0.39 is 6.03 Å². The molecule has 0 aliphatic carbocycles. The van der Waals surface area contributed by atoms with E-state index in [0.29, 0.717) is 12.2 Å². The predicted molar refractivity (Wildman–Crippen MR) is 67.3 cm³/mol. The van der Waals surface area contributed by atoms with Crippen LogP contribution in [0.25, 0.3) is 0 Å². The maximum Gasteiger partial charge on any atom is 0.332 e. The molecule has 0 aromatic heterocycles. The number of nitrogens with two attached hydrogens (primary N) is 1. The van der Waals surface area contributed by atoms with Crippen molar-refractivity contribution in [2.45, 2.75) is 19.8 Å². The molecule has 0 unspecified atom stereocenters. The van der Waals surface area contributed by atoms with Crippen molar-refractivity contribution in [3.8, 4) is 5.75 Å². The Hall–Kier alpha value is -2.37. The monoisotopic (exact) mass is 249 g/mol. The Morgan fingerprint density at radius 2 is 2.06 bits per heavy atom. The lowest BCUT2D eigenvalue weighted by molar-refractivity contribution is -0.134. The van der Waals surface area contributed by atoms with Crippen LogP contribution >= 0.6 is 0 Å². The van der Waals surface area contributed by atoms with Crippen molar-refractivity contribution in [1.29, 1.82) is 0 Å². The molecule has 0 atom stereocenters. The number of hydrogen-bond acceptors (Lipinski definition) is 4. The van der Waals surface area contributed by atoms with Gasteiger partial charge in [0.2, 0.25) is 0 Å². The maximum absolute atomic E-state index is 11.2. The van der Waals surface area contributed by atoms with E-state index in [9.17, 15) is 9.59 Å². The highest BCUT2D eigenvalue weighted by Gasteiger charge is 2.02. The van der Waals surface area contributed by atoms with Crippen LogP contribution in [0.3, 0.4) is 0 Å². The molecule has 0 fully saturated rings. The van der Waals surface area contributed by atoms with E-state index in [1.165, 1.54) is 6.21 Å². The van der Waals surface area contributed by atoms with Crippen LogP contribution < -0.4 is 15.9 Å². The third-order valence-electron chi connectivity index (χ3n) is 1.95. The number of carbonyl (C=O) groups excluding carboxylic acids is 2. The van der Waals surface area contributed by atoms with Gasteiger partial charge in [0.25, 0.3) is 0 Å². The SMILES string of the molecule is CCCC(=O)Oc1ccc(C=NNC(N)=O)cc1. The number of nitrogens with one attached hydrogen (secondary N) is 1. The average molecular weight is 249 g/mol. The molecule has 0 heterocycles. The van der Waals surface area contributed by atoms with Gasteiger partial charge in [-0.25, -0.2) is 10.2 Å². The van der Waals surface area contributed by atoms with Crippen molar-refractivity contribution in [3.63, 3.8) is 0 Å². The second kappa shape index (κ2) is 7.05. The summed E-state index contributed by atoms with van der Waals surface area (Å²) < 4.78 is 5.08. The van der Waals surface area contributed by atoms with Gasteiger partial charge in [0, 0.05) is 6.42 Å². The Labute approximate surface area is 105 Å². The number of rotatable bonds is 5. The summed E-state index contributed by atoms with van der Waals surface area (Å²) in [5, 5.41) is 3.60. The molecule has 0 aliphatic heterocycles. The fraction of sp³-hybridized carbons (Fsp3) is 0.250. The first kappa shape index (κ1) is 13.7. The molecule has 1 aromatic carbocycles. The second-order valence-electron chi connectivity index (χ2n) is 3.53. The summed E-state index contributed by atoms with van der Waals surface area (Å²) in [4.78, 5) is 21.6. The number of primary amides is 1. The third-order valence-corrected chi connectivity index (χ3v) is 1.95. The fourth-order valence-corrected chi connectivity index (χ4v) is 1.18. The highest BCUT2D eigenvalue weighted by Crippen LogP contribution is 2.12. The molecule has 0 saturated carbocycles. The standard InChI is InChI=1S/C12H15N3O3/c1-2-3-11(16)18-10-6-4-9(5-7-10)8-14-15-12(13)17/h4-8H,2-3H2,1H3,(H3,13,15,17). The molecule has 0 aliphatic rings. The van der Waals surface area contributed by atoms with Crippen molar-refractivity contribution in [1.82, 2.24) is 5.43 Å². The number of amides is 2. The van der Waals surface area contributed by atoms with Gasteiger partial charge in [0.05, 0.1) is 6.21 Å². The van der Waals surface area contributed by atoms with Crippen LogP contribution in [0.1, 0.15) is 25.3 Å². The smallest absolute Gasteiger partial charge is 0.332 e. The Kier molecular flexibility index (Phi) is 5.37. The van der Waals surface area contributed by atoms with Crippen LogP contribution in [0, 0.1) is 0 Å². The number of urea groups is 1.